The van der Waals surface area contributed by atoms with Crippen LogP contribution in [-0.2, 0) is 27.1 Å². The molecular formula is C19H22BrN3O4S. The normalized spacial score (nSPS) is 11.1. The highest BCUT2D eigenvalue weighted by Gasteiger charge is 2.09. The Labute approximate surface area is 173 Å². The van der Waals surface area contributed by atoms with Crippen molar-refractivity contribution < 1.29 is 18.0 Å². The van der Waals surface area contributed by atoms with Gasteiger partial charge < -0.3 is 10.6 Å². The van der Waals surface area contributed by atoms with Crippen molar-refractivity contribution in [3.05, 3.63) is 69.7 Å². The predicted octanol–water partition coefficient (Wildman–Crippen LogP) is 1.93. The third-order valence-corrected chi connectivity index (χ3v) is 5.79. The number of rotatable bonds is 9. The van der Waals surface area contributed by atoms with Gasteiger partial charge in [-0.25, -0.2) is 13.1 Å². The fraction of sp³-hybridized carbons (Fsp3) is 0.263. The van der Waals surface area contributed by atoms with Gasteiger partial charge in [0.1, 0.15) is 0 Å². The maximum atomic E-state index is 12.0. The molecule has 3 N–H and O–H groups in total. The van der Waals surface area contributed by atoms with Gasteiger partial charge in [0, 0.05) is 29.5 Å². The second-order valence-corrected chi connectivity index (χ2v) is 8.91. The fourth-order valence-electron chi connectivity index (χ4n) is 2.33. The Kier molecular flexibility index (Phi) is 8.16. The Bertz CT molecular complexity index is 913. The molecule has 0 atom stereocenters. The Balaban J connectivity index is 1.72. The third-order valence-electron chi connectivity index (χ3n) is 3.92. The Morgan fingerprint density at radius 2 is 1.54 bits per heavy atom. The molecule has 2 amide bonds. The van der Waals surface area contributed by atoms with Gasteiger partial charge in [-0.1, -0.05) is 40.2 Å². The van der Waals surface area contributed by atoms with Crippen LogP contribution in [0.3, 0.4) is 0 Å². The quantitative estimate of drug-likeness (QED) is 0.523. The zero-order chi connectivity index (χ0) is 20.6. The van der Waals surface area contributed by atoms with Gasteiger partial charge in [-0.15, -0.1) is 0 Å². The summed E-state index contributed by atoms with van der Waals surface area (Å²) in [6.07, 6.45) is 0.167. The van der Waals surface area contributed by atoms with Crippen LogP contribution in [0.2, 0.25) is 0 Å². The van der Waals surface area contributed by atoms with Gasteiger partial charge >= 0.3 is 0 Å². The number of carbonyl (C=O) groups is 2. The topological polar surface area (TPSA) is 104 Å². The minimum Gasteiger partial charge on any atom is -0.352 e. The molecule has 0 aliphatic carbocycles. The van der Waals surface area contributed by atoms with Crippen LogP contribution in [0, 0.1) is 0 Å². The molecule has 7 nitrogen and oxygen atoms in total. The van der Waals surface area contributed by atoms with Crippen molar-refractivity contribution in [2.75, 3.05) is 13.6 Å². The van der Waals surface area contributed by atoms with E-state index in [1.165, 1.54) is 7.05 Å². The van der Waals surface area contributed by atoms with Gasteiger partial charge in [-0.3, -0.25) is 9.59 Å². The maximum Gasteiger partial charge on any atom is 0.251 e. The van der Waals surface area contributed by atoms with Crippen LogP contribution in [0.15, 0.2) is 53.0 Å². The van der Waals surface area contributed by atoms with Crippen LogP contribution in [0.5, 0.6) is 0 Å². The summed E-state index contributed by atoms with van der Waals surface area (Å²) in [6.45, 7) is 0.570. The first-order valence-electron chi connectivity index (χ1n) is 8.58. The van der Waals surface area contributed by atoms with Crippen LogP contribution in [-0.4, -0.2) is 33.8 Å². The summed E-state index contributed by atoms with van der Waals surface area (Å²) in [5.74, 6) is -0.501. The molecule has 0 heterocycles. The van der Waals surface area contributed by atoms with Crippen molar-refractivity contribution >= 4 is 37.8 Å². The van der Waals surface area contributed by atoms with Gasteiger partial charge in [-0.2, -0.15) is 0 Å². The zero-order valence-corrected chi connectivity index (χ0v) is 17.8. The molecular weight excluding hydrogens is 446 g/mol. The Morgan fingerprint density at radius 3 is 2.14 bits per heavy atom. The van der Waals surface area contributed by atoms with E-state index in [9.17, 15) is 18.0 Å². The lowest BCUT2D eigenvalue weighted by molar-refractivity contribution is -0.121. The fourth-order valence-corrected chi connectivity index (χ4v) is 3.37. The summed E-state index contributed by atoms with van der Waals surface area (Å²) in [4.78, 5) is 23.9. The van der Waals surface area contributed by atoms with E-state index in [0.717, 1.165) is 10.0 Å². The lowest BCUT2D eigenvalue weighted by Crippen LogP contribution is -2.30. The SMILES string of the molecule is CNS(=O)(=O)Cc1ccc(CNC(=O)CCNC(=O)c2ccc(Br)cc2)cc1. The van der Waals surface area contributed by atoms with E-state index in [-0.39, 0.29) is 30.5 Å². The smallest absolute Gasteiger partial charge is 0.251 e. The number of nitrogens with one attached hydrogen (secondary N) is 3. The van der Waals surface area contributed by atoms with Crippen molar-refractivity contribution in [1.82, 2.24) is 15.4 Å². The van der Waals surface area contributed by atoms with E-state index in [1.54, 1.807) is 48.5 Å². The van der Waals surface area contributed by atoms with Crippen molar-refractivity contribution in [3.63, 3.8) is 0 Å². The number of carbonyl (C=O) groups excluding carboxylic acids is 2. The summed E-state index contributed by atoms with van der Waals surface area (Å²) in [6, 6.07) is 13.9. The molecule has 9 heteroatoms. The molecule has 0 spiro atoms. The summed E-state index contributed by atoms with van der Waals surface area (Å²) < 4.78 is 26.2. The predicted molar refractivity (Wildman–Crippen MR) is 111 cm³/mol. The molecule has 0 aliphatic heterocycles. The Morgan fingerprint density at radius 1 is 0.929 bits per heavy atom. The van der Waals surface area contributed by atoms with Gasteiger partial charge in [0.05, 0.1) is 5.75 Å². The van der Waals surface area contributed by atoms with E-state index in [2.05, 4.69) is 31.3 Å². The van der Waals surface area contributed by atoms with Crippen LogP contribution < -0.4 is 15.4 Å². The van der Waals surface area contributed by atoms with Crippen molar-refractivity contribution in [3.8, 4) is 0 Å². The molecule has 0 aliphatic rings. The second kappa shape index (κ2) is 10.4. The average Bonchev–Trinajstić information content (AvgIpc) is 2.67. The van der Waals surface area contributed by atoms with Crippen LogP contribution in [0.25, 0.3) is 0 Å². The standard InChI is InChI=1S/C19H22BrN3O4S/c1-21-28(26,27)13-15-4-2-14(3-5-15)12-23-18(24)10-11-22-19(25)16-6-8-17(20)9-7-16/h2-9,21H,10-13H2,1H3,(H,22,25)(H,23,24). The van der Waals surface area contributed by atoms with E-state index < -0.39 is 10.0 Å². The average molecular weight is 468 g/mol. The molecule has 0 radical (unpaired) electrons. The highest BCUT2D eigenvalue weighted by Crippen LogP contribution is 2.10. The van der Waals surface area contributed by atoms with Crippen LogP contribution in [0.1, 0.15) is 27.9 Å². The molecule has 2 aromatic rings. The molecule has 0 unspecified atom stereocenters. The number of halogens is 1. The number of hydrogen-bond acceptors (Lipinski definition) is 4. The highest BCUT2D eigenvalue weighted by atomic mass is 79.9. The summed E-state index contributed by atoms with van der Waals surface area (Å²) in [7, 11) is -1.93. The van der Waals surface area contributed by atoms with Gasteiger partial charge in [0.2, 0.25) is 15.9 Å². The molecule has 2 rings (SSSR count). The van der Waals surface area contributed by atoms with E-state index >= 15 is 0 Å². The number of hydrogen-bond donors (Lipinski definition) is 3. The molecule has 0 fully saturated rings. The van der Waals surface area contributed by atoms with Crippen LogP contribution in [0.4, 0.5) is 0 Å². The first-order chi connectivity index (χ1) is 13.3. The minimum absolute atomic E-state index is 0.0891. The van der Waals surface area contributed by atoms with Gasteiger partial charge in [0.15, 0.2) is 0 Å². The van der Waals surface area contributed by atoms with Crippen molar-refractivity contribution in [2.45, 2.75) is 18.7 Å². The highest BCUT2D eigenvalue weighted by molar-refractivity contribution is 9.10. The van der Waals surface area contributed by atoms with Crippen molar-refractivity contribution in [2.24, 2.45) is 0 Å². The van der Waals surface area contributed by atoms with Gasteiger partial charge in [0.25, 0.3) is 5.91 Å². The van der Waals surface area contributed by atoms with Crippen LogP contribution >= 0.6 is 15.9 Å². The molecule has 0 aromatic heterocycles. The largest absolute Gasteiger partial charge is 0.352 e. The molecule has 0 saturated heterocycles. The maximum absolute atomic E-state index is 12.0. The molecule has 150 valence electrons. The minimum atomic E-state index is -3.31. The second-order valence-electron chi connectivity index (χ2n) is 6.07. The first-order valence-corrected chi connectivity index (χ1v) is 11.0. The zero-order valence-electron chi connectivity index (χ0n) is 15.4. The Hall–Kier alpha value is -2.23. The summed E-state index contributed by atoms with van der Waals surface area (Å²) in [5.41, 5.74) is 2.06. The molecule has 0 saturated carbocycles. The molecule has 28 heavy (non-hydrogen) atoms. The van der Waals surface area contributed by atoms with E-state index in [4.69, 9.17) is 0 Å². The van der Waals surface area contributed by atoms with E-state index in [1.807, 2.05) is 0 Å². The number of sulfonamides is 1. The lowest BCUT2D eigenvalue weighted by Gasteiger charge is -2.08. The first kappa shape index (κ1) is 22.1. The van der Waals surface area contributed by atoms with Gasteiger partial charge in [-0.05, 0) is 42.4 Å². The lowest BCUT2D eigenvalue weighted by atomic mass is 10.1. The number of benzene rings is 2. The van der Waals surface area contributed by atoms with E-state index in [0.29, 0.717) is 17.7 Å². The summed E-state index contributed by atoms with van der Waals surface area (Å²) in [5, 5.41) is 5.48. The molecule has 2 aromatic carbocycles. The molecule has 0 bridgehead atoms. The third kappa shape index (κ3) is 7.41. The van der Waals surface area contributed by atoms with Crippen molar-refractivity contribution in [1.29, 1.82) is 0 Å². The monoisotopic (exact) mass is 467 g/mol. The number of amides is 2. The summed E-state index contributed by atoms with van der Waals surface area (Å²) >= 11 is 3.31.